The monoisotopic (exact) mass is 369 g/mol. The minimum Gasteiger partial charge on any atom is -0.335 e. The molecule has 1 aromatic rings. The van der Waals surface area contributed by atoms with E-state index >= 15 is 0 Å². The van der Waals surface area contributed by atoms with E-state index in [1.165, 1.54) is 19.3 Å². The number of nitrogens with zero attached hydrogens (tertiary/aromatic N) is 2. The second-order valence-electron chi connectivity index (χ2n) is 7.34. The Balaban J connectivity index is 1.40. The summed E-state index contributed by atoms with van der Waals surface area (Å²) in [6, 6.07) is 8.97. The molecule has 27 heavy (non-hydrogen) atoms. The molecule has 1 saturated heterocycles. The predicted octanol–water partition coefficient (Wildman–Crippen LogP) is 3.19. The summed E-state index contributed by atoms with van der Waals surface area (Å²) in [4.78, 5) is 26.4. The van der Waals surface area contributed by atoms with E-state index < -0.39 is 0 Å². The van der Waals surface area contributed by atoms with E-state index in [-0.39, 0.29) is 18.1 Å². The van der Waals surface area contributed by atoms with Gasteiger partial charge in [0.1, 0.15) is 0 Å². The number of nitriles is 1. The van der Waals surface area contributed by atoms with Crippen LogP contribution in [0.25, 0.3) is 0 Å². The van der Waals surface area contributed by atoms with Crippen LogP contribution in [0.5, 0.6) is 0 Å². The first-order chi connectivity index (χ1) is 13.1. The van der Waals surface area contributed by atoms with Crippen LogP contribution in [0.15, 0.2) is 24.3 Å². The highest BCUT2D eigenvalue weighted by molar-refractivity contribution is 5.89. The van der Waals surface area contributed by atoms with Gasteiger partial charge in [0, 0.05) is 30.9 Å². The lowest BCUT2D eigenvalue weighted by Gasteiger charge is -2.34. The molecule has 0 spiro atoms. The van der Waals surface area contributed by atoms with Gasteiger partial charge in [-0.1, -0.05) is 25.3 Å². The Morgan fingerprint density at radius 2 is 1.70 bits per heavy atom. The van der Waals surface area contributed by atoms with E-state index in [2.05, 4.69) is 22.0 Å². The average Bonchev–Trinajstić information content (AvgIpc) is 2.69. The maximum absolute atomic E-state index is 12.4. The van der Waals surface area contributed by atoms with Crippen LogP contribution in [0.1, 0.15) is 50.5 Å². The number of rotatable bonds is 3. The summed E-state index contributed by atoms with van der Waals surface area (Å²) in [6.45, 7) is 1.29. The summed E-state index contributed by atoms with van der Waals surface area (Å²) >= 11 is 0. The summed E-state index contributed by atoms with van der Waals surface area (Å²) < 4.78 is 0. The molecule has 1 aromatic carbocycles. The highest BCUT2D eigenvalue weighted by Gasteiger charge is 2.25. The van der Waals surface area contributed by atoms with Crippen LogP contribution >= 0.6 is 0 Å². The van der Waals surface area contributed by atoms with Gasteiger partial charge in [-0.2, -0.15) is 5.26 Å². The summed E-state index contributed by atoms with van der Waals surface area (Å²) in [5.74, 6) is 0. The van der Waals surface area contributed by atoms with E-state index in [0.29, 0.717) is 30.4 Å². The van der Waals surface area contributed by atoms with Gasteiger partial charge in [0.05, 0.1) is 11.6 Å². The van der Waals surface area contributed by atoms with Crippen molar-refractivity contribution in [2.24, 2.45) is 0 Å². The second kappa shape index (κ2) is 9.26. The number of hydrogen-bond donors (Lipinski definition) is 3. The third-order valence-corrected chi connectivity index (χ3v) is 5.30. The van der Waals surface area contributed by atoms with Crippen LogP contribution in [-0.2, 0) is 0 Å². The fraction of sp³-hybridized carbons (Fsp3) is 0.550. The number of carbonyl (C=O) groups is 2. The van der Waals surface area contributed by atoms with Crippen LogP contribution in [0.3, 0.4) is 0 Å². The summed E-state index contributed by atoms with van der Waals surface area (Å²) in [7, 11) is 0. The first kappa shape index (κ1) is 19.0. The number of carbonyl (C=O) groups excluding carboxylic acids is 2. The number of hydrogen-bond acceptors (Lipinski definition) is 3. The Hall–Kier alpha value is -2.75. The second-order valence-corrected chi connectivity index (χ2v) is 7.34. The van der Waals surface area contributed by atoms with Gasteiger partial charge in [-0.25, -0.2) is 9.59 Å². The lowest BCUT2D eigenvalue weighted by atomic mass is 9.95. The van der Waals surface area contributed by atoms with Gasteiger partial charge in [-0.05, 0) is 43.9 Å². The van der Waals surface area contributed by atoms with Crippen LogP contribution in [-0.4, -0.2) is 42.1 Å². The van der Waals surface area contributed by atoms with Crippen LogP contribution in [0, 0.1) is 11.3 Å². The normalized spacial score (nSPS) is 18.4. The molecule has 2 aliphatic rings. The van der Waals surface area contributed by atoms with E-state index in [1.807, 2.05) is 4.90 Å². The maximum atomic E-state index is 12.4. The number of anilines is 1. The number of piperidine rings is 1. The molecule has 3 rings (SSSR count). The molecule has 3 N–H and O–H groups in total. The molecule has 7 heteroatoms. The highest BCUT2D eigenvalue weighted by Crippen LogP contribution is 2.18. The fourth-order valence-electron chi connectivity index (χ4n) is 3.76. The lowest BCUT2D eigenvalue weighted by Crippen LogP contribution is -2.52. The Labute approximate surface area is 160 Å². The van der Waals surface area contributed by atoms with Crippen LogP contribution in [0.4, 0.5) is 15.3 Å². The van der Waals surface area contributed by atoms with Crippen molar-refractivity contribution in [1.29, 1.82) is 5.26 Å². The third kappa shape index (κ3) is 5.61. The highest BCUT2D eigenvalue weighted by atomic mass is 16.2. The zero-order valence-corrected chi connectivity index (χ0v) is 15.5. The van der Waals surface area contributed by atoms with Crippen molar-refractivity contribution in [3.8, 4) is 6.07 Å². The van der Waals surface area contributed by atoms with Gasteiger partial charge in [0.15, 0.2) is 0 Å². The molecule has 0 atom stereocenters. The number of likely N-dealkylation sites (tertiary alicyclic amines) is 1. The molecule has 0 aromatic heterocycles. The van der Waals surface area contributed by atoms with Crippen molar-refractivity contribution >= 4 is 17.7 Å². The van der Waals surface area contributed by atoms with Gasteiger partial charge in [0.25, 0.3) is 0 Å². The van der Waals surface area contributed by atoms with Crippen molar-refractivity contribution in [2.75, 3.05) is 18.4 Å². The predicted molar refractivity (Wildman–Crippen MR) is 103 cm³/mol. The number of amides is 4. The molecule has 1 saturated carbocycles. The summed E-state index contributed by atoms with van der Waals surface area (Å²) in [6.07, 6.45) is 7.31. The lowest BCUT2D eigenvalue weighted by molar-refractivity contribution is 0.170. The molecule has 0 unspecified atom stereocenters. The van der Waals surface area contributed by atoms with Crippen molar-refractivity contribution in [2.45, 2.75) is 57.0 Å². The quantitative estimate of drug-likeness (QED) is 0.763. The van der Waals surface area contributed by atoms with E-state index in [0.717, 1.165) is 25.7 Å². The molecule has 1 aliphatic heterocycles. The minimum absolute atomic E-state index is 0.0260. The van der Waals surface area contributed by atoms with Gasteiger partial charge in [0.2, 0.25) is 0 Å². The topological polar surface area (TPSA) is 97.3 Å². The Morgan fingerprint density at radius 1 is 1.00 bits per heavy atom. The van der Waals surface area contributed by atoms with Gasteiger partial charge in [-0.15, -0.1) is 0 Å². The van der Waals surface area contributed by atoms with Crippen LogP contribution in [0.2, 0.25) is 0 Å². The van der Waals surface area contributed by atoms with Crippen molar-refractivity contribution < 1.29 is 9.59 Å². The smallest absolute Gasteiger partial charge is 0.319 e. The van der Waals surface area contributed by atoms with Crippen LogP contribution < -0.4 is 16.0 Å². The minimum atomic E-state index is -0.282. The van der Waals surface area contributed by atoms with E-state index in [4.69, 9.17) is 5.26 Å². The Morgan fingerprint density at radius 3 is 2.41 bits per heavy atom. The molecule has 0 bridgehead atoms. The molecule has 4 amide bonds. The van der Waals surface area contributed by atoms with Crippen molar-refractivity contribution in [3.63, 3.8) is 0 Å². The summed E-state index contributed by atoms with van der Waals surface area (Å²) in [5.41, 5.74) is 1.10. The average molecular weight is 369 g/mol. The van der Waals surface area contributed by atoms with Gasteiger partial charge in [-0.3, -0.25) is 0 Å². The molecule has 7 nitrogen and oxygen atoms in total. The van der Waals surface area contributed by atoms with E-state index in [9.17, 15) is 9.59 Å². The molecule has 0 radical (unpaired) electrons. The van der Waals surface area contributed by atoms with Gasteiger partial charge < -0.3 is 20.9 Å². The number of urea groups is 2. The zero-order valence-electron chi connectivity index (χ0n) is 15.5. The van der Waals surface area contributed by atoms with E-state index in [1.54, 1.807) is 24.3 Å². The summed E-state index contributed by atoms with van der Waals surface area (Å²) in [5, 5.41) is 17.8. The van der Waals surface area contributed by atoms with Crippen molar-refractivity contribution in [1.82, 2.24) is 15.5 Å². The first-order valence-corrected chi connectivity index (χ1v) is 9.77. The molecule has 1 heterocycles. The molecule has 2 fully saturated rings. The molecular formula is C20H27N5O2. The Kier molecular flexibility index (Phi) is 6.53. The third-order valence-electron chi connectivity index (χ3n) is 5.30. The fourth-order valence-corrected chi connectivity index (χ4v) is 3.76. The van der Waals surface area contributed by atoms with Crippen molar-refractivity contribution in [3.05, 3.63) is 29.8 Å². The van der Waals surface area contributed by atoms with Gasteiger partial charge >= 0.3 is 12.1 Å². The number of nitrogens with one attached hydrogen (secondary N) is 3. The molecule has 144 valence electrons. The number of benzene rings is 1. The first-order valence-electron chi connectivity index (χ1n) is 9.77. The Bertz CT molecular complexity index is 701. The zero-order chi connectivity index (χ0) is 19.1. The standard InChI is InChI=1S/C20H27N5O2/c21-14-15-5-4-8-18(13-15)23-19(26)22-17-9-11-25(12-10-17)20(27)24-16-6-2-1-3-7-16/h4-5,8,13,16-17H,1-3,6-7,9-12H2,(H,24,27)(H2,22,23,26). The maximum Gasteiger partial charge on any atom is 0.319 e. The SMILES string of the molecule is N#Cc1cccc(NC(=O)NC2CCN(C(=O)NC3CCCCC3)CC2)c1. The molecule has 1 aliphatic carbocycles. The largest absolute Gasteiger partial charge is 0.335 e. The molecular weight excluding hydrogens is 342 g/mol.